The van der Waals surface area contributed by atoms with Gasteiger partial charge in [-0.15, -0.1) is 10.2 Å². The van der Waals surface area contributed by atoms with Crippen LogP contribution in [0.2, 0.25) is 0 Å². The molecule has 1 saturated heterocycles. The lowest BCUT2D eigenvalue weighted by Crippen LogP contribution is -2.21. The summed E-state index contributed by atoms with van der Waals surface area (Å²) in [7, 11) is 0. The summed E-state index contributed by atoms with van der Waals surface area (Å²) in [6, 6.07) is -0.145. The molecule has 2 heterocycles. The van der Waals surface area contributed by atoms with Gasteiger partial charge in [-0.3, -0.25) is 0 Å². The van der Waals surface area contributed by atoms with E-state index >= 15 is 0 Å². The first kappa shape index (κ1) is 11.5. The minimum Gasteiger partial charge on any atom is -0.423 e. The van der Waals surface area contributed by atoms with E-state index in [2.05, 4.69) is 10.2 Å². The first-order valence-corrected chi connectivity index (χ1v) is 5.99. The van der Waals surface area contributed by atoms with E-state index in [0.717, 1.165) is 25.9 Å². The second kappa shape index (κ2) is 5.41. The normalized spacial score (nSPS) is 23.2. The molecule has 0 spiro atoms. The second-order valence-corrected chi connectivity index (χ2v) is 4.24. The van der Waals surface area contributed by atoms with Crippen molar-refractivity contribution in [2.75, 3.05) is 6.61 Å². The molecule has 0 bridgehead atoms. The Hall–Kier alpha value is -0.940. The molecule has 5 heteroatoms. The molecule has 0 amide bonds. The predicted octanol–water partition coefficient (Wildman–Crippen LogP) is 1.59. The van der Waals surface area contributed by atoms with Crippen molar-refractivity contribution < 1.29 is 9.15 Å². The zero-order valence-corrected chi connectivity index (χ0v) is 9.69. The fraction of sp³-hybridized carbons (Fsp3) is 0.818. The maximum Gasteiger partial charge on any atom is 0.233 e. The van der Waals surface area contributed by atoms with E-state index in [4.69, 9.17) is 14.9 Å². The molecular formula is C11H19N3O2. The van der Waals surface area contributed by atoms with Crippen LogP contribution in [-0.4, -0.2) is 22.9 Å². The summed E-state index contributed by atoms with van der Waals surface area (Å²) < 4.78 is 11.1. The number of nitrogens with zero attached hydrogens (tertiary/aromatic N) is 2. The molecule has 0 aromatic carbocycles. The molecule has 0 saturated carbocycles. The Morgan fingerprint density at radius 3 is 3.00 bits per heavy atom. The van der Waals surface area contributed by atoms with Crippen LogP contribution in [0.3, 0.4) is 0 Å². The summed E-state index contributed by atoms with van der Waals surface area (Å²) in [5.74, 6) is 1.18. The van der Waals surface area contributed by atoms with Crippen LogP contribution in [0.25, 0.3) is 0 Å². The third-order valence-electron chi connectivity index (χ3n) is 2.92. The van der Waals surface area contributed by atoms with Crippen molar-refractivity contribution in [3.63, 3.8) is 0 Å². The van der Waals surface area contributed by atoms with Crippen LogP contribution in [0.15, 0.2) is 4.42 Å². The highest BCUT2D eigenvalue weighted by atomic mass is 16.5. The molecule has 5 nitrogen and oxygen atoms in total. The maximum absolute atomic E-state index is 5.81. The van der Waals surface area contributed by atoms with Crippen molar-refractivity contribution in [3.8, 4) is 0 Å². The predicted molar refractivity (Wildman–Crippen MR) is 58.8 cm³/mol. The number of rotatable bonds is 4. The molecule has 2 rings (SSSR count). The number of hydrogen-bond acceptors (Lipinski definition) is 5. The third kappa shape index (κ3) is 2.80. The van der Waals surface area contributed by atoms with Gasteiger partial charge < -0.3 is 14.9 Å². The van der Waals surface area contributed by atoms with Crippen LogP contribution in [-0.2, 0) is 11.2 Å². The Balaban J connectivity index is 1.91. The fourth-order valence-electron chi connectivity index (χ4n) is 1.84. The molecule has 1 aliphatic rings. The third-order valence-corrected chi connectivity index (χ3v) is 2.92. The first-order chi connectivity index (χ1) is 7.79. The van der Waals surface area contributed by atoms with E-state index in [0.29, 0.717) is 18.2 Å². The van der Waals surface area contributed by atoms with E-state index in [-0.39, 0.29) is 12.1 Å². The lowest BCUT2D eigenvalue weighted by molar-refractivity contribution is 0.0130. The van der Waals surface area contributed by atoms with Gasteiger partial charge in [-0.2, -0.15) is 0 Å². The number of ether oxygens (including phenoxy) is 1. The Morgan fingerprint density at radius 2 is 2.31 bits per heavy atom. The molecule has 2 unspecified atom stereocenters. The van der Waals surface area contributed by atoms with Gasteiger partial charge in [-0.05, 0) is 25.7 Å². The van der Waals surface area contributed by atoms with Gasteiger partial charge in [-0.25, -0.2) is 0 Å². The summed E-state index contributed by atoms with van der Waals surface area (Å²) in [5.41, 5.74) is 5.81. The molecule has 1 aliphatic heterocycles. The second-order valence-electron chi connectivity index (χ2n) is 4.24. The molecule has 90 valence electrons. The van der Waals surface area contributed by atoms with Crippen LogP contribution in [0.5, 0.6) is 0 Å². The highest BCUT2D eigenvalue weighted by molar-refractivity contribution is 4.89. The van der Waals surface area contributed by atoms with Crippen LogP contribution in [0.1, 0.15) is 50.4 Å². The standard InChI is InChI=1S/C11H19N3O2/c1-2-9(12)11-14-13-10(16-11)7-8-5-3-4-6-15-8/h8-9H,2-7,12H2,1H3. The quantitative estimate of drug-likeness (QED) is 0.842. The summed E-state index contributed by atoms with van der Waals surface area (Å²) >= 11 is 0. The van der Waals surface area contributed by atoms with Crippen molar-refractivity contribution in [2.24, 2.45) is 5.73 Å². The van der Waals surface area contributed by atoms with Gasteiger partial charge in [0, 0.05) is 6.61 Å². The van der Waals surface area contributed by atoms with E-state index < -0.39 is 0 Å². The Morgan fingerprint density at radius 1 is 1.44 bits per heavy atom. The highest BCUT2D eigenvalue weighted by Crippen LogP contribution is 2.18. The smallest absolute Gasteiger partial charge is 0.233 e. The lowest BCUT2D eigenvalue weighted by atomic mass is 10.1. The summed E-state index contributed by atoms with van der Waals surface area (Å²) in [4.78, 5) is 0. The number of nitrogens with two attached hydrogens (primary N) is 1. The maximum atomic E-state index is 5.81. The van der Waals surface area contributed by atoms with Crippen LogP contribution >= 0.6 is 0 Å². The van der Waals surface area contributed by atoms with E-state index in [1.807, 2.05) is 6.92 Å². The van der Waals surface area contributed by atoms with Gasteiger partial charge in [-0.1, -0.05) is 6.92 Å². The first-order valence-electron chi connectivity index (χ1n) is 5.99. The Bertz CT molecular complexity index is 321. The largest absolute Gasteiger partial charge is 0.423 e. The monoisotopic (exact) mass is 225 g/mol. The fourth-order valence-corrected chi connectivity index (χ4v) is 1.84. The van der Waals surface area contributed by atoms with Gasteiger partial charge in [0.15, 0.2) is 0 Å². The van der Waals surface area contributed by atoms with Gasteiger partial charge in [0.2, 0.25) is 11.8 Å². The van der Waals surface area contributed by atoms with Crippen molar-refractivity contribution in [3.05, 3.63) is 11.8 Å². The number of aromatic nitrogens is 2. The van der Waals surface area contributed by atoms with Crippen molar-refractivity contribution in [2.45, 2.75) is 51.2 Å². The molecule has 2 atom stereocenters. The number of hydrogen-bond donors (Lipinski definition) is 1. The highest BCUT2D eigenvalue weighted by Gasteiger charge is 2.19. The van der Waals surface area contributed by atoms with E-state index in [9.17, 15) is 0 Å². The lowest BCUT2D eigenvalue weighted by Gasteiger charge is -2.20. The van der Waals surface area contributed by atoms with Crippen molar-refractivity contribution >= 4 is 0 Å². The Labute approximate surface area is 95.4 Å². The van der Waals surface area contributed by atoms with Crippen molar-refractivity contribution in [1.82, 2.24) is 10.2 Å². The average Bonchev–Trinajstić information content (AvgIpc) is 2.78. The molecule has 0 radical (unpaired) electrons. The van der Waals surface area contributed by atoms with E-state index in [1.54, 1.807) is 0 Å². The minimum absolute atomic E-state index is 0.145. The van der Waals surface area contributed by atoms with Crippen LogP contribution in [0.4, 0.5) is 0 Å². The molecule has 0 aliphatic carbocycles. The average molecular weight is 225 g/mol. The topological polar surface area (TPSA) is 74.2 Å². The molecular weight excluding hydrogens is 206 g/mol. The zero-order valence-electron chi connectivity index (χ0n) is 9.69. The molecule has 1 aromatic heterocycles. The Kier molecular flexibility index (Phi) is 3.90. The molecule has 2 N–H and O–H groups in total. The van der Waals surface area contributed by atoms with Gasteiger partial charge in [0.1, 0.15) is 0 Å². The summed E-state index contributed by atoms with van der Waals surface area (Å²) in [6.07, 6.45) is 5.22. The minimum atomic E-state index is -0.145. The SMILES string of the molecule is CCC(N)c1nnc(CC2CCCCO2)o1. The molecule has 1 aromatic rings. The molecule has 1 fully saturated rings. The molecule has 16 heavy (non-hydrogen) atoms. The van der Waals surface area contributed by atoms with Crippen LogP contribution < -0.4 is 5.73 Å². The van der Waals surface area contributed by atoms with Gasteiger partial charge in [0.25, 0.3) is 0 Å². The van der Waals surface area contributed by atoms with E-state index in [1.165, 1.54) is 6.42 Å². The van der Waals surface area contributed by atoms with Crippen LogP contribution in [0, 0.1) is 0 Å². The van der Waals surface area contributed by atoms with Crippen molar-refractivity contribution in [1.29, 1.82) is 0 Å². The van der Waals surface area contributed by atoms with Gasteiger partial charge in [0.05, 0.1) is 18.6 Å². The zero-order chi connectivity index (χ0) is 11.4. The van der Waals surface area contributed by atoms with Gasteiger partial charge >= 0.3 is 0 Å². The summed E-state index contributed by atoms with van der Waals surface area (Å²) in [5, 5.41) is 7.96. The summed E-state index contributed by atoms with van der Waals surface area (Å²) in [6.45, 7) is 2.85.